The van der Waals surface area contributed by atoms with Gasteiger partial charge in [0.25, 0.3) is 0 Å². The summed E-state index contributed by atoms with van der Waals surface area (Å²) in [5, 5.41) is 0. The molecule has 0 aliphatic rings. The molecule has 0 spiro atoms. The highest BCUT2D eigenvalue weighted by molar-refractivity contribution is 7.91. The largest absolute Gasteiger partial charge is 0.468 e. The normalized spacial score (nSPS) is 12.3. The van der Waals surface area contributed by atoms with E-state index in [0.717, 1.165) is 26.9 Å². The summed E-state index contributed by atoms with van der Waals surface area (Å²) in [6, 6.07) is 10.4. The first-order valence-electron chi connectivity index (χ1n) is 9.65. The standard InChI is InChI=1S/C22H24N2O5S2/c1-14-5-7-17(8-6-14)31(27,28)10-9-20(25)23-22-24(13-21(26)29-4)18-11-15(2)16(3)12-19(18)30-22/h5-8,11-12H,9-10,13H2,1-4H3. The zero-order valence-electron chi connectivity index (χ0n) is 17.8. The third-order valence-corrected chi connectivity index (χ3v) is 7.77. The summed E-state index contributed by atoms with van der Waals surface area (Å²) in [5.41, 5.74) is 3.86. The van der Waals surface area contributed by atoms with Gasteiger partial charge in [-0.25, -0.2) is 8.42 Å². The van der Waals surface area contributed by atoms with Gasteiger partial charge in [0.05, 0.1) is 28.0 Å². The van der Waals surface area contributed by atoms with Crippen LogP contribution in [0.3, 0.4) is 0 Å². The first-order chi connectivity index (χ1) is 14.6. The van der Waals surface area contributed by atoms with Crippen LogP contribution >= 0.6 is 11.3 Å². The van der Waals surface area contributed by atoms with E-state index in [9.17, 15) is 18.0 Å². The van der Waals surface area contributed by atoms with Crippen LogP contribution in [0.2, 0.25) is 0 Å². The third-order valence-electron chi connectivity index (χ3n) is 5.00. The minimum absolute atomic E-state index is 0.0905. The molecule has 0 atom stereocenters. The van der Waals surface area contributed by atoms with Gasteiger partial charge in [-0.1, -0.05) is 29.0 Å². The van der Waals surface area contributed by atoms with Crippen molar-refractivity contribution in [3.63, 3.8) is 0 Å². The molecule has 0 saturated carbocycles. The van der Waals surface area contributed by atoms with Gasteiger partial charge >= 0.3 is 5.97 Å². The van der Waals surface area contributed by atoms with Crippen LogP contribution in [0.5, 0.6) is 0 Å². The highest BCUT2D eigenvalue weighted by atomic mass is 32.2. The van der Waals surface area contributed by atoms with Gasteiger partial charge in [-0.05, 0) is 56.2 Å². The second kappa shape index (κ2) is 9.15. The van der Waals surface area contributed by atoms with Crippen molar-refractivity contribution in [2.45, 2.75) is 38.6 Å². The van der Waals surface area contributed by atoms with Crippen molar-refractivity contribution in [1.82, 2.24) is 4.57 Å². The van der Waals surface area contributed by atoms with Crippen LogP contribution in [-0.2, 0) is 30.7 Å². The number of aryl methyl sites for hydroxylation is 3. The number of sulfone groups is 1. The van der Waals surface area contributed by atoms with Gasteiger partial charge in [0.1, 0.15) is 6.54 Å². The first kappa shape index (κ1) is 22.9. The van der Waals surface area contributed by atoms with Crippen LogP contribution in [0.1, 0.15) is 23.1 Å². The maximum atomic E-state index is 12.5. The predicted molar refractivity (Wildman–Crippen MR) is 120 cm³/mol. The van der Waals surface area contributed by atoms with Crippen molar-refractivity contribution in [1.29, 1.82) is 0 Å². The Morgan fingerprint density at radius 3 is 2.35 bits per heavy atom. The number of carbonyl (C=O) groups is 2. The van der Waals surface area contributed by atoms with E-state index in [0.29, 0.717) is 4.80 Å². The van der Waals surface area contributed by atoms with Gasteiger partial charge in [-0.3, -0.25) is 9.59 Å². The molecule has 0 saturated heterocycles. The lowest BCUT2D eigenvalue weighted by Crippen LogP contribution is -2.23. The van der Waals surface area contributed by atoms with Gasteiger partial charge < -0.3 is 9.30 Å². The molecule has 0 N–H and O–H groups in total. The van der Waals surface area contributed by atoms with E-state index in [1.54, 1.807) is 16.7 Å². The molecule has 3 aromatic rings. The average molecular weight is 461 g/mol. The lowest BCUT2D eigenvalue weighted by molar-refractivity contribution is -0.141. The van der Waals surface area contributed by atoms with Gasteiger partial charge in [0, 0.05) is 6.42 Å². The first-order valence-corrected chi connectivity index (χ1v) is 12.1. The summed E-state index contributed by atoms with van der Waals surface area (Å²) < 4.78 is 32.3. The Morgan fingerprint density at radius 1 is 1.06 bits per heavy atom. The fraction of sp³-hybridized carbons (Fsp3) is 0.318. The second-order valence-electron chi connectivity index (χ2n) is 7.34. The fourth-order valence-corrected chi connectivity index (χ4v) is 5.36. The van der Waals surface area contributed by atoms with E-state index < -0.39 is 21.7 Å². The molecule has 0 unspecified atom stereocenters. The molecule has 0 fully saturated rings. The van der Waals surface area contributed by atoms with E-state index in [-0.39, 0.29) is 23.6 Å². The van der Waals surface area contributed by atoms with Gasteiger partial charge in [-0.15, -0.1) is 0 Å². The van der Waals surface area contributed by atoms with Gasteiger partial charge in [-0.2, -0.15) is 4.99 Å². The predicted octanol–water partition coefficient (Wildman–Crippen LogP) is 3.09. The van der Waals surface area contributed by atoms with E-state index in [2.05, 4.69) is 4.99 Å². The van der Waals surface area contributed by atoms with Crippen molar-refractivity contribution in [2.24, 2.45) is 4.99 Å². The highest BCUT2D eigenvalue weighted by Gasteiger charge is 2.17. The Balaban J connectivity index is 1.91. The van der Waals surface area contributed by atoms with Crippen LogP contribution in [0.15, 0.2) is 46.3 Å². The van der Waals surface area contributed by atoms with Crippen LogP contribution in [-0.4, -0.2) is 37.7 Å². The molecule has 0 bridgehead atoms. The number of benzene rings is 2. The Morgan fingerprint density at radius 2 is 1.71 bits per heavy atom. The number of hydrogen-bond acceptors (Lipinski definition) is 6. The Kier molecular flexibility index (Phi) is 6.76. The summed E-state index contributed by atoms with van der Waals surface area (Å²) in [7, 11) is -2.30. The number of hydrogen-bond donors (Lipinski definition) is 0. The number of carbonyl (C=O) groups excluding carboxylic acids is 2. The zero-order valence-corrected chi connectivity index (χ0v) is 19.5. The van der Waals surface area contributed by atoms with E-state index >= 15 is 0 Å². The molecule has 0 radical (unpaired) electrons. The molecule has 1 amide bonds. The molecule has 1 aromatic heterocycles. The van der Waals surface area contributed by atoms with Gasteiger partial charge in [0.15, 0.2) is 14.6 Å². The lowest BCUT2D eigenvalue weighted by Gasteiger charge is -2.06. The molecule has 1 heterocycles. The van der Waals surface area contributed by atoms with Gasteiger partial charge in [0.2, 0.25) is 5.91 Å². The Labute approximate surface area is 184 Å². The van der Waals surface area contributed by atoms with Crippen molar-refractivity contribution in [3.8, 4) is 0 Å². The summed E-state index contributed by atoms with van der Waals surface area (Å²) in [6.07, 6.45) is -0.249. The second-order valence-corrected chi connectivity index (χ2v) is 10.5. The number of amides is 1. The lowest BCUT2D eigenvalue weighted by atomic mass is 10.1. The molecule has 2 aromatic carbocycles. The molecule has 0 aliphatic carbocycles. The van der Waals surface area contributed by atoms with Crippen LogP contribution in [0, 0.1) is 20.8 Å². The summed E-state index contributed by atoms with van der Waals surface area (Å²) in [4.78, 5) is 29.1. The van der Waals surface area contributed by atoms with Crippen molar-refractivity contribution >= 4 is 43.3 Å². The minimum atomic E-state index is -3.59. The number of esters is 1. The van der Waals surface area contributed by atoms with Crippen molar-refractivity contribution < 1.29 is 22.7 Å². The van der Waals surface area contributed by atoms with Crippen LogP contribution in [0.25, 0.3) is 10.2 Å². The number of methoxy groups -OCH3 is 1. The molecule has 164 valence electrons. The molecular weight excluding hydrogens is 436 g/mol. The summed E-state index contributed by atoms with van der Waals surface area (Å²) in [5.74, 6) is -1.36. The van der Waals surface area contributed by atoms with E-state index in [1.807, 2.05) is 32.9 Å². The number of aromatic nitrogens is 1. The molecule has 3 rings (SSSR count). The zero-order chi connectivity index (χ0) is 22.8. The number of thiazole rings is 1. The molecular formula is C22H24N2O5S2. The van der Waals surface area contributed by atoms with Crippen molar-refractivity contribution in [3.05, 3.63) is 57.9 Å². The Bertz CT molecular complexity index is 1320. The minimum Gasteiger partial charge on any atom is -0.468 e. The topological polar surface area (TPSA) is 94.8 Å². The summed E-state index contributed by atoms with van der Waals surface area (Å²) >= 11 is 1.28. The van der Waals surface area contributed by atoms with E-state index in [4.69, 9.17) is 4.74 Å². The number of rotatable bonds is 6. The number of nitrogens with zero attached hydrogens (tertiary/aromatic N) is 2. The summed E-state index contributed by atoms with van der Waals surface area (Å²) in [6.45, 7) is 5.73. The average Bonchev–Trinajstić information content (AvgIpc) is 3.03. The monoisotopic (exact) mass is 460 g/mol. The highest BCUT2D eigenvalue weighted by Crippen LogP contribution is 2.22. The molecule has 31 heavy (non-hydrogen) atoms. The molecule has 0 aliphatic heterocycles. The SMILES string of the molecule is COC(=O)Cn1c(=NC(=O)CCS(=O)(=O)c2ccc(C)cc2)sc2cc(C)c(C)cc21. The molecule has 7 nitrogen and oxygen atoms in total. The van der Waals surface area contributed by atoms with Crippen LogP contribution < -0.4 is 4.80 Å². The smallest absolute Gasteiger partial charge is 0.325 e. The quantitative estimate of drug-likeness (QED) is 0.527. The fourth-order valence-electron chi connectivity index (χ4n) is 3.00. The maximum Gasteiger partial charge on any atom is 0.325 e. The maximum absolute atomic E-state index is 12.5. The molecule has 9 heteroatoms. The van der Waals surface area contributed by atoms with Crippen molar-refractivity contribution in [2.75, 3.05) is 12.9 Å². The Hall–Kier alpha value is -2.78. The third kappa shape index (κ3) is 5.29. The number of ether oxygens (including phenoxy) is 1. The number of fused-ring (bicyclic) bond motifs is 1. The van der Waals surface area contributed by atoms with E-state index in [1.165, 1.54) is 30.6 Å². The van der Waals surface area contributed by atoms with Crippen LogP contribution in [0.4, 0.5) is 0 Å².